The number of carbonyl (C=O) groups is 1. The standard InChI is InChI=1S/C23H26N6O/c1-2-13-28-20-11-5-3-9-18(20)24-23(28)17-8-7-14-27(15-17)22(30)16-29-21-12-6-4-10-19(21)25-26-29/h3-6,9-12,17H,2,7-8,13-16H2,1H3. The molecule has 3 heterocycles. The Hall–Kier alpha value is -3.22. The summed E-state index contributed by atoms with van der Waals surface area (Å²) in [5, 5.41) is 8.34. The van der Waals surface area contributed by atoms with E-state index in [1.54, 1.807) is 4.68 Å². The molecule has 1 aliphatic rings. The molecule has 0 spiro atoms. The predicted molar refractivity (Wildman–Crippen MR) is 116 cm³/mol. The largest absolute Gasteiger partial charge is 0.340 e. The molecule has 2 aromatic heterocycles. The highest BCUT2D eigenvalue weighted by Gasteiger charge is 2.29. The maximum Gasteiger partial charge on any atom is 0.244 e. The molecule has 1 amide bonds. The summed E-state index contributed by atoms with van der Waals surface area (Å²) in [7, 11) is 0. The first kappa shape index (κ1) is 18.8. The van der Waals surface area contributed by atoms with Crippen molar-refractivity contribution in [2.45, 2.75) is 45.2 Å². The van der Waals surface area contributed by atoms with Crippen LogP contribution < -0.4 is 0 Å². The fourth-order valence-corrected chi connectivity index (χ4v) is 4.54. The number of imidazole rings is 1. The highest BCUT2D eigenvalue weighted by Crippen LogP contribution is 2.30. The van der Waals surface area contributed by atoms with Gasteiger partial charge in [-0.05, 0) is 43.5 Å². The van der Waals surface area contributed by atoms with Crippen LogP contribution in [0.15, 0.2) is 48.5 Å². The smallest absolute Gasteiger partial charge is 0.244 e. The molecule has 0 aliphatic carbocycles. The Morgan fingerprint density at radius 3 is 2.67 bits per heavy atom. The predicted octanol–water partition coefficient (Wildman–Crippen LogP) is 3.60. The second-order valence-electron chi connectivity index (χ2n) is 8.03. The van der Waals surface area contributed by atoms with Gasteiger partial charge < -0.3 is 9.47 Å². The van der Waals surface area contributed by atoms with E-state index in [4.69, 9.17) is 4.98 Å². The van der Waals surface area contributed by atoms with E-state index in [0.29, 0.717) is 6.54 Å². The highest BCUT2D eigenvalue weighted by atomic mass is 16.2. The summed E-state index contributed by atoms with van der Waals surface area (Å²) >= 11 is 0. The molecule has 1 atom stereocenters. The van der Waals surface area contributed by atoms with E-state index in [2.05, 4.69) is 40.0 Å². The van der Waals surface area contributed by atoms with Crippen LogP contribution in [0.5, 0.6) is 0 Å². The second-order valence-corrected chi connectivity index (χ2v) is 8.03. The molecular weight excluding hydrogens is 376 g/mol. The number of aryl methyl sites for hydroxylation is 1. The molecule has 1 unspecified atom stereocenters. The summed E-state index contributed by atoms with van der Waals surface area (Å²) in [6.07, 6.45) is 3.11. The lowest BCUT2D eigenvalue weighted by Gasteiger charge is -2.32. The third-order valence-corrected chi connectivity index (χ3v) is 5.98. The van der Waals surface area contributed by atoms with Crippen molar-refractivity contribution >= 4 is 28.0 Å². The van der Waals surface area contributed by atoms with E-state index in [0.717, 1.165) is 54.7 Å². The number of aromatic nitrogens is 5. The Morgan fingerprint density at radius 2 is 1.83 bits per heavy atom. The van der Waals surface area contributed by atoms with Crippen molar-refractivity contribution in [3.63, 3.8) is 0 Å². The fourth-order valence-electron chi connectivity index (χ4n) is 4.54. The van der Waals surface area contributed by atoms with E-state index in [1.807, 2.05) is 35.2 Å². The number of rotatable bonds is 5. The third-order valence-electron chi connectivity index (χ3n) is 5.98. The molecule has 1 aliphatic heterocycles. The second kappa shape index (κ2) is 7.89. The Balaban J connectivity index is 1.38. The average Bonchev–Trinajstić information content (AvgIpc) is 3.36. The van der Waals surface area contributed by atoms with Gasteiger partial charge in [0, 0.05) is 25.6 Å². The Labute approximate surface area is 175 Å². The van der Waals surface area contributed by atoms with Gasteiger partial charge in [-0.2, -0.15) is 0 Å². The zero-order chi connectivity index (χ0) is 20.5. The van der Waals surface area contributed by atoms with E-state index < -0.39 is 0 Å². The molecule has 0 bridgehead atoms. The highest BCUT2D eigenvalue weighted by molar-refractivity contribution is 5.80. The average molecular weight is 403 g/mol. The van der Waals surface area contributed by atoms with Gasteiger partial charge in [0.05, 0.1) is 16.6 Å². The van der Waals surface area contributed by atoms with Gasteiger partial charge in [0.1, 0.15) is 17.9 Å². The van der Waals surface area contributed by atoms with Crippen LogP contribution in [0.3, 0.4) is 0 Å². The summed E-state index contributed by atoms with van der Waals surface area (Å²) < 4.78 is 4.05. The number of amides is 1. The van der Waals surface area contributed by atoms with Gasteiger partial charge in [0.15, 0.2) is 0 Å². The molecule has 0 N–H and O–H groups in total. The first-order valence-electron chi connectivity index (χ1n) is 10.8. The number of likely N-dealkylation sites (tertiary alicyclic amines) is 1. The van der Waals surface area contributed by atoms with Crippen LogP contribution in [0.2, 0.25) is 0 Å². The zero-order valence-electron chi connectivity index (χ0n) is 17.2. The summed E-state index contributed by atoms with van der Waals surface area (Å²) in [5.74, 6) is 1.46. The summed E-state index contributed by atoms with van der Waals surface area (Å²) in [5.41, 5.74) is 3.93. The number of piperidine rings is 1. The van der Waals surface area contributed by atoms with Crippen LogP contribution >= 0.6 is 0 Å². The maximum absolute atomic E-state index is 13.1. The van der Waals surface area contributed by atoms with Crippen molar-refractivity contribution in [2.75, 3.05) is 13.1 Å². The molecule has 30 heavy (non-hydrogen) atoms. The number of benzene rings is 2. The molecule has 7 heteroatoms. The lowest BCUT2D eigenvalue weighted by atomic mass is 9.97. The molecule has 2 aromatic carbocycles. The third kappa shape index (κ3) is 3.34. The molecule has 7 nitrogen and oxygen atoms in total. The van der Waals surface area contributed by atoms with Crippen molar-refractivity contribution in [3.05, 3.63) is 54.4 Å². The Kier molecular flexibility index (Phi) is 4.94. The quantitative estimate of drug-likeness (QED) is 0.511. The van der Waals surface area contributed by atoms with Crippen LogP contribution in [-0.2, 0) is 17.9 Å². The van der Waals surface area contributed by atoms with Crippen molar-refractivity contribution in [2.24, 2.45) is 0 Å². The zero-order valence-corrected chi connectivity index (χ0v) is 17.2. The number of nitrogens with zero attached hydrogens (tertiary/aromatic N) is 6. The van der Waals surface area contributed by atoms with Crippen LogP contribution in [0, 0.1) is 0 Å². The van der Waals surface area contributed by atoms with E-state index in [1.165, 1.54) is 5.52 Å². The summed E-state index contributed by atoms with van der Waals surface area (Å²) in [6, 6.07) is 16.1. The van der Waals surface area contributed by atoms with Gasteiger partial charge in [-0.25, -0.2) is 9.67 Å². The maximum atomic E-state index is 13.1. The van der Waals surface area contributed by atoms with E-state index in [-0.39, 0.29) is 18.4 Å². The Bertz CT molecular complexity index is 1190. The van der Waals surface area contributed by atoms with Crippen LogP contribution in [0.25, 0.3) is 22.1 Å². The molecule has 1 saturated heterocycles. The minimum Gasteiger partial charge on any atom is -0.340 e. The van der Waals surface area contributed by atoms with Crippen molar-refractivity contribution < 1.29 is 4.79 Å². The van der Waals surface area contributed by atoms with Crippen LogP contribution in [0.1, 0.15) is 37.9 Å². The van der Waals surface area contributed by atoms with Gasteiger partial charge in [-0.1, -0.05) is 36.4 Å². The van der Waals surface area contributed by atoms with E-state index in [9.17, 15) is 4.79 Å². The summed E-state index contributed by atoms with van der Waals surface area (Å²) in [4.78, 5) is 20.0. The molecule has 4 aromatic rings. The first-order chi connectivity index (χ1) is 14.7. The van der Waals surface area contributed by atoms with Gasteiger partial charge in [-0.3, -0.25) is 4.79 Å². The van der Waals surface area contributed by atoms with Crippen molar-refractivity contribution in [3.8, 4) is 0 Å². The normalized spacial score (nSPS) is 17.1. The number of hydrogen-bond acceptors (Lipinski definition) is 4. The van der Waals surface area contributed by atoms with Crippen LogP contribution in [-0.4, -0.2) is 48.4 Å². The molecule has 0 radical (unpaired) electrons. The van der Waals surface area contributed by atoms with Crippen molar-refractivity contribution in [1.82, 2.24) is 29.4 Å². The lowest BCUT2D eigenvalue weighted by molar-refractivity contribution is -0.133. The van der Waals surface area contributed by atoms with E-state index >= 15 is 0 Å². The monoisotopic (exact) mass is 402 g/mol. The van der Waals surface area contributed by atoms with Gasteiger partial charge in [0.2, 0.25) is 5.91 Å². The number of hydrogen-bond donors (Lipinski definition) is 0. The molecule has 1 fully saturated rings. The first-order valence-corrected chi connectivity index (χ1v) is 10.8. The van der Waals surface area contributed by atoms with Gasteiger partial charge >= 0.3 is 0 Å². The van der Waals surface area contributed by atoms with Crippen LogP contribution in [0.4, 0.5) is 0 Å². The minimum atomic E-state index is 0.0912. The molecule has 5 rings (SSSR count). The number of carbonyl (C=O) groups excluding carboxylic acids is 1. The van der Waals surface area contributed by atoms with Gasteiger partial charge in [0.25, 0.3) is 0 Å². The minimum absolute atomic E-state index is 0.0912. The Morgan fingerprint density at radius 1 is 1.07 bits per heavy atom. The number of fused-ring (bicyclic) bond motifs is 2. The molecule has 154 valence electrons. The molecular formula is C23H26N6O. The SMILES string of the molecule is CCCn1c(C2CCCN(C(=O)Cn3nnc4ccccc43)C2)nc2ccccc21. The molecule has 0 saturated carbocycles. The topological polar surface area (TPSA) is 68.8 Å². The lowest BCUT2D eigenvalue weighted by Crippen LogP contribution is -2.41. The van der Waals surface area contributed by atoms with Crippen molar-refractivity contribution in [1.29, 1.82) is 0 Å². The fraction of sp³-hybridized carbons (Fsp3) is 0.391. The van der Waals surface area contributed by atoms with Gasteiger partial charge in [-0.15, -0.1) is 5.10 Å². The summed E-state index contributed by atoms with van der Waals surface area (Å²) in [6.45, 7) is 4.86. The number of para-hydroxylation sites is 3.